The summed E-state index contributed by atoms with van der Waals surface area (Å²) in [4.78, 5) is 39.0. The Labute approximate surface area is 222 Å². The Hall–Kier alpha value is -3.15. The smallest absolute Gasteiger partial charge is 0.408 e. The molecule has 1 fully saturated rings. The first-order valence-electron chi connectivity index (χ1n) is 12.7. The summed E-state index contributed by atoms with van der Waals surface area (Å²) in [6.07, 6.45) is 0.0860. The summed E-state index contributed by atoms with van der Waals surface area (Å²) < 4.78 is 22.2. The number of rotatable bonds is 8. The van der Waals surface area contributed by atoms with Gasteiger partial charge in [-0.25, -0.2) is 9.59 Å². The van der Waals surface area contributed by atoms with Gasteiger partial charge in [-0.1, -0.05) is 24.3 Å². The van der Waals surface area contributed by atoms with Crippen molar-refractivity contribution in [1.29, 1.82) is 0 Å². The molecule has 0 aromatic heterocycles. The van der Waals surface area contributed by atoms with E-state index in [0.29, 0.717) is 5.56 Å². The number of phenolic OH excluding ortho intramolecular Hbond substituents is 1. The predicted molar refractivity (Wildman–Crippen MR) is 136 cm³/mol. The number of phenols is 1. The standard InChI is InChI=1S/C27H38N2O9/c1-7-35-24(33)20(17-12-13-19-22(21(17)31)37-27(5,6)36-19)29-23(32)18(28-25(34)38-26(2,3)4)14-15-8-10-16(30)11-9-15/h8-13,17-22,30-31H,7,14H2,1-6H3,(H,28,34)(H,29,32)/t17-,18+,19-,20+,21-,22-/m1/s1. The zero-order chi connectivity index (χ0) is 28.3. The summed E-state index contributed by atoms with van der Waals surface area (Å²) in [5.41, 5.74) is -0.159. The Morgan fingerprint density at radius 2 is 1.74 bits per heavy atom. The third kappa shape index (κ3) is 7.68. The fourth-order valence-corrected chi connectivity index (χ4v) is 4.43. The second-order valence-corrected chi connectivity index (χ2v) is 10.8. The van der Waals surface area contributed by atoms with E-state index in [0.717, 1.165) is 0 Å². The van der Waals surface area contributed by atoms with E-state index in [1.807, 2.05) is 0 Å². The third-order valence-electron chi connectivity index (χ3n) is 6.02. The predicted octanol–water partition coefficient (Wildman–Crippen LogP) is 1.94. The maximum Gasteiger partial charge on any atom is 0.408 e. The number of carbonyl (C=O) groups excluding carboxylic acids is 3. The maximum absolute atomic E-state index is 13.5. The summed E-state index contributed by atoms with van der Waals surface area (Å²) in [6.45, 7) is 10.2. The molecule has 1 aliphatic heterocycles. The van der Waals surface area contributed by atoms with Crippen LogP contribution in [-0.2, 0) is 35.0 Å². The minimum absolute atomic E-state index is 0.0415. The van der Waals surface area contributed by atoms with Gasteiger partial charge >= 0.3 is 12.1 Å². The number of benzene rings is 1. The summed E-state index contributed by atoms with van der Waals surface area (Å²) in [5.74, 6) is -3.19. The molecule has 11 nitrogen and oxygen atoms in total. The van der Waals surface area contributed by atoms with Crippen LogP contribution in [0.5, 0.6) is 5.75 Å². The molecule has 1 saturated heterocycles. The van der Waals surface area contributed by atoms with Gasteiger partial charge < -0.3 is 39.8 Å². The van der Waals surface area contributed by atoms with Crippen LogP contribution < -0.4 is 10.6 Å². The molecule has 1 aromatic carbocycles. The van der Waals surface area contributed by atoms with Gasteiger partial charge in [-0.05, 0) is 59.2 Å². The highest BCUT2D eigenvalue weighted by atomic mass is 16.8. The number of carbonyl (C=O) groups is 3. The van der Waals surface area contributed by atoms with Crippen molar-refractivity contribution >= 4 is 18.0 Å². The van der Waals surface area contributed by atoms with Gasteiger partial charge in [0, 0.05) is 12.3 Å². The zero-order valence-electron chi connectivity index (χ0n) is 22.6. The molecule has 3 rings (SSSR count). The number of fused-ring (bicyclic) bond motifs is 1. The van der Waals surface area contributed by atoms with Gasteiger partial charge in [0.15, 0.2) is 5.79 Å². The molecule has 1 aliphatic carbocycles. The first-order chi connectivity index (χ1) is 17.7. The van der Waals surface area contributed by atoms with Crippen molar-refractivity contribution in [1.82, 2.24) is 10.6 Å². The van der Waals surface area contributed by atoms with Crippen LogP contribution in [0.4, 0.5) is 4.79 Å². The summed E-state index contributed by atoms with van der Waals surface area (Å²) in [6, 6.07) is 3.73. The van der Waals surface area contributed by atoms with Crippen LogP contribution in [0.15, 0.2) is 36.4 Å². The number of aliphatic hydroxyl groups excluding tert-OH is 1. The molecule has 0 unspecified atom stereocenters. The highest BCUT2D eigenvalue weighted by Gasteiger charge is 2.50. The lowest BCUT2D eigenvalue weighted by molar-refractivity contribution is -0.160. The molecule has 38 heavy (non-hydrogen) atoms. The van der Waals surface area contributed by atoms with Crippen molar-refractivity contribution in [3.8, 4) is 5.75 Å². The molecule has 11 heteroatoms. The van der Waals surface area contributed by atoms with Gasteiger partial charge in [0.05, 0.1) is 12.7 Å². The van der Waals surface area contributed by atoms with E-state index < -0.39 is 65.7 Å². The normalized spacial score (nSPS) is 25.6. The van der Waals surface area contributed by atoms with Crippen LogP contribution in [0.1, 0.15) is 47.1 Å². The molecule has 1 heterocycles. The minimum atomic E-state index is -1.27. The number of aromatic hydroxyl groups is 1. The average Bonchev–Trinajstić information content (AvgIpc) is 3.13. The van der Waals surface area contributed by atoms with Gasteiger partial charge in [0.25, 0.3) is 0 Å². The lowest BCUT2D eigenvalue weighted by Crippen LogP contribution is -2.58. The average molecular weight is 535 g/mol. The van der Waals surface area contributed by atoms with Crippen LogP contribution in [0.2, 0.25) is 0 Å². The van der Waals surface area contributed by atoms with Crippen molar-refractivity contribution in [2.45, 2.75) is 89.7 Å². The minimum Gasteiger partial charge on any atom is -0.508 e. The first-order valence-corrected chi connectivity index (χ1v) is 12.7. The SMILES string of the molecule is CCOC(=O)[C@@H](NC(=O)[C@H](Cc1ccc(O)cc1)NC(=O)OC(C)(C)C)[C@H]1C=C[C@H]2OC(C)(C)O[C@H]2[C@@H]1O. The molecular weight excluding hydrogens is 496 g/mol. The number of hydrogen-bond donors (Lipinski definition) is 4. The van der Waals surface area contributed by atoms with Gasteiger partial charge in [0.2, 0.25) is 5.91 Å². The number of aliphatic hydroxyl groups is 1. The third-order valence-corrected chi connectivity index (χ3v) is 6.02. The molecule has 0 bridgehead atoms. The highest BCUT2D eigenvalue weighted by molar-refractivity contribution is 5.90. The molecule has 2 amide bonds. The van der Waals surface area contributed by atoms with E-state index in [9.17, 15) is 24.6 Å². The molecule has 210 valence electrons. The molecule has 6 atom stereocenters. The van der Waals surface area contributed by atoms with Crippen molar-refractivity contribution in [3.63, 3.8) is 0 Å². The molecule has 1 aromatic rings. The summed E-state index contributed by atoms with van der Waals surface area (Å²) in [7, 11) is 0. The Balaban J connectivity index is 1.84. The molecular formula is C27H38N2O9. The largest absolute Gasteiger partial charge is 0.508 e. The number of ether oxygens (including phenoxy) is 4. The van der Waals surface area contributed by atoms with Crippen molar-refractivity contribution in [2.75, 3.05) is 6.61 Å². The van der Waals surface area contributed by atoms with E-state index in [2.05, 4.69) is 10.6 Å². The quantitative estimate of drug-likeness (QED) is 0.290. The lowest BCUT2D eigenvalue weighted by Gasteiger charge is -2.35. The van der Waals surface area contributed by atoms with Crippen LogP contribution >= 0.6 is 0 Å². The second-order valence-electron chi connectivity index (χ2n) is 10.8. The molecule has 0 saturated carbocycles. The van der Waals surface area contributed by atoms with E-state index >= 15 is 0 Å². The summed E-state index contributed by atoms with van der Waals surface area (Å²) in [5, 5.41) is 25.9. The number of hydrogen-bond acceptors (Lipinski definition) is 9. The number of nitrogens with one attached hydrogen (secondary N) is 2. The molecule has 0 spiro atoms. The van der Waals surface area contributed by atoms with E-state index in [-0.39, 0.29) is 18.8 Å². The maximum atomic E-state index is 13.5. The monoisotopic (exact) mass is 534 g/mol. The number of amides is 2. The topological polar surface area (TPSA) is 153 Å². The van der Waals surface area contributed by atoms with Crippen LogP contribution in [0, 0.1) is 5.92 Å². The van der Waals surface area contributed by atoms with Crippen LogP contribution in [0.25, 0.3) is 0 Å². The second kappa shape index (κ2) is 11.7. The van der Waals surface area contributed by atoms with Crippen molar-refractivity contribution in [3.05, 3.63) is 42.0 Å². The van der Waals surface area contributed by atoms with Crippen molar-refractivity contribution < 1.29 is 43.5 Å². The zero-order valence-corrected chi connectivity index (χ0v) is 22.6. The van der Waals surface area contributed by atoms with Crippen LogP contribution in [-0.4, -0.2) is 76.6 Å². The fourth-order valence-electron chi connectivity index (χ4n) is 4.43. The Bertz CT molecular complexity index is 1030. The first kappa shape index (κ1) is 29.4. The highest BCUT2D eigenvalue weighted by Crippen LogP contribution is 2.37. The fraction of sp³-hybridized carbons (Fsp3) is 0.593. The van der Waals surface area contributed by atoms with E-state index in [4.69, 9.17) is 18.9 Å². The van der Waals surface area contributed by atoms with Crippen LogP contribution in [0.3, 0.4) is 0 Å². The lowest BCUT2D eigenvalue weighted by atomic mass is 9.83. The Morgan fingerprint density at radius 3 is 2.34 bits per heavy atom. The summed E-state index contributed by atoms with van der Waals surface area (Å²) >= 11 is 0. The van der Waals surface area contributed by atoms with Gasteiger partial charge in [-0.15, -0.1) is 0 Å². The van der Waals surface area contributed by atoms with E-state index in [1.54, 1.807) is 65.8 Å². The molecule has 4 N–H and O–H groups in total. The Kier molecular flexibility index (Phi) is 9.06. The van der Waals surface area contributed by atoms with E-state index in [1.165, 1.54) is 12.1 Å². The van der Waals surface area contributed by atoms with Gasteiger partial charge in [-0.2, -0.15) is 0 Å². The molecule has 2 aliphatic rings. The van der Waals surface area contributed by atoms with Crippen molar-refractivity contribution in [2.24, 2.45) is 5.92 Å². The number of alkyl carbamates (subject to hydrolysis) is 1. The van der Waals surface area contributed by atoms with Gasteiger partial charge in [-0.3, -0.25) is 4.79 Å². The Morgan fingerprint density at radius 1 is 1.08 bits per heavy atom. The number of esters is 1. The van der Waals surface area contributed by atoms with Gasteiger partial charge in [0.1, 0.15) is 35.6 Å². The molecule has 0 radical (unpaired) electrons.